The van der Waals surface area contributed by atoms with Crippen molar-refractivity contribution in [3.05, 3.63) is 48.5 Å². The van der Waals surface area contributed by atoms with Crippen LogP contribution in [0.15, 0.2) is 52.9 Å². The summed E-state index contributed by atoms with van der Waals surface area (Å²) in [5.41, 5.74) is 1.56. The van der Waals surface area contributed by atoms with Crippen molar-refractivity contribution in [1.29, 1.82) is 0 Å². The van der Waals surface area contributed by atoms with Crippen molar-refractivity contribution in [3.8, 4) is 5.75 Å². The first-order chi connectivity index (χ1) is 13.0. The van der Waals surface area contributed by atoms with E-state index in [1.807, 2.05) is 24.3 Å². The highest BCUT2D eigenvalue weighted by atomic mass is 32.2. The minimum Gasteiger partial charge on any atom is -0.497 e. The Balaban J connectivity index is 1.49. The molecule has 3 rings (SSSR count). The van der Waals surface area contributed by atoms with Gasteiger partial charge in [-0.3, -0.25) is 9.59 Å². The predicted octanol–water partition coefficient (Wildman–Crippen LogP) is 3.49. The van der Waals surface area contributed by atoms with E-state index in [2.05, 4.69) is 10.3 Å². The van der Waals surface area contributed by atoms with Gasteiger partial charge in [-0.15, -0.1) is 11.3 Å². The number of thioether (sulfide) groups is 1. The molecule has 0 spiro atoms. The molecule has 0 aliphatic rings. The average Bonchev–Trinajstić information content (AvgIpc) is 3.09. The number of nitrogens with zero attached hydrogens (tertiary/aromatic N) is 2. The van der Waals surface area contributed by atoms with E-state index in [1.165, 1.54) is 16.7 Å². The van der Waals surface area contributed by atoms with Crippen LogP contribution in [0.2, 0.25) is 0 Å². The molecule has 0 radical (unpaired) electrons. The van der Waals surface area contributed by atoms with Gasteiger partial charge < -0.3 is 15.0 Å². The van der Waals surface area contributed by atoms with Crippen LogP contribution in [0.3, 0.4) is 0 Å². The Morgan fingerprint density at radius 1 is 1.22 bits per heavy atom. The topological polar surface area (TPSA) is 71.5 Å². The van der Waals surface area contributed by atoms with Crippen molar-refractivity contribution in [3.63, 3.8) is 0 Å². The highest BCUT2D eigenvalue weighted by molar-refractivity contribution is 8.01. The van der Waals surface area contributed by atoms with Crippen molar-refractivity contribution < 1.29 is 14.3 Å². The Kier molecular flexibility index (Phi) is 6.31. The SMILES string of the molecule is COc1cccc(NC(=O)CN(C)C(=O)CSc2nc3ccccc3s2)c1. The number of para-hydroxylation sites is 1. The van der Waals surface area contributed by atoms with Crippen molar-refractivity contribution >= 4 is 50.8 Å². The van der Waals surface area contributed by atoms with E-state index in [4.69, 9.17) is 4.74 Å². The van der Waals surface area contributed by atoms with Gasteiger partial charge in [0.1, 0.15) is 5.75 Å². The third-order valence-electron chi connectivity index (χ3n) is 3.75. The Morgan fingerprint density at radius 3 is 2.81 bits per heavy atom. The lowest BCUT2D eigenvalue weighted by atomic mass is 10.3. The number of likely N-dealkylation sites (N-methyl/N-ethyl adjacent to an activating group) is 1. The van der Waals surface area contributed by atoms with Crippen LogP contribution in [0.5, 0.6) is 5.75 Å². The van der Waals surface area contributed by atoms with E-state index in [9.17, 15) is 9.59 Å². The average molecular weight is 402 g/mol. The summed E-state index contributed by atoms with van der Waals surface area (Å²) in [6.45, 7) is -0.0174. The van der Waals surface area contributed by atoms with E-state index in [0.29, 0.717) is 11.4 Å². The van der Waals surface area contributed by atoms with Gasteiger partial charge >= 0.3 is 0 Å². The molecule has 0 unspecified atom stereocenters. The molecule has 6 nitrogen and oxygen atoms in total. The number of carbonyl (C=O) groups excluding carboxylic acids is 2. The maximum Gasteiger partial charge on any atom is 0.243 e. The molecule has 140 valence electrons. The monoisotopic (exact) mass is 401 g/mol. The zero-order valence-electron chi connectivity index (χ0n) is 15.0. The summed E-state index contributed by atoms with van der Waals surface area (Å²) < 4.78 is 7.07. The number of methoxy groups -OCH3 is 1. The van der Waals surface area contributed by atoms with Crippen LogP contribution in [0, 0.1) is 0 Å². The summed E-state index contributed by atoms with van der Waals surface area (Å²) in [5, 5.41) is 2.76. The third kappa shape index (κ3) is 5.21. The van der Waals surface area contributed by atoms with Crippen molar-refractivity contribution in [1.82, 2.24) is 9.88 Å². The lowest BCUT2D eigenvalue weighted by Gasteiger charge is -2.16. The Hall–Kier alpha value is -2.58. The van der Waals surface area contributed by atoms with Crippen molar-refractivity contribution in [2.75, 3.05) is 31.8 Å². The number of benzene rings is 2. The number of thiazole rings is 1. The number of carbonyl (C=O) groups is 2. The molecular formula is C19H19N3O3S2. The fourth-order valence-corrected chi connectivity index (χ4v) is 4.36. The predicted molar refractivity (Wildman–Crippen MR) is 110 cm³/mol. The molecule has 1 aromatic heterocycles. The molecule has 8 heteroatoms. The quantitative estimate of drug-likeness (QED) is 0.614. The number of anilines is 1. The first-order valence-electron chi connectivity index (χ1n) is 8.21. The van der Waals surface area contributed by atoms with E-state index in [1.54, 1.807) is 49.8 Å². The van der Waals surface area contributed by atoms with Crippen molar-refractivity contribution in [2.24, 2.45) is 0 Å². The molecule has 3 aromatic rings. The maximum atomic E-state index is 12.3. The largest absolute Gasteiger partial charge is 0.497 e. The summed E-state index contributed by atoms with van der Waals surface area (Å²) in [4.78, 5) is 30.4. The normalized spacial score (nSPS) is 10.6. The fourth-order valence-electron chi connectivity index (χ4n) is 2.35. The van der Waals surface area contributed by atoms with Gasteiger partial charge in [0.15, 0.2) is 4.34 Å². The zero-order valence-corrected chi connectivity index (χ0v) is 16.6. The fraction of sp³-hybridized carbons (Fsp3) is 0.211. The maximum absolute atomic E-state index is 12.3. The highest BCUT2D eigenvalue weighted by Gasteiger charge is 2.15. The second-order valence-corrected chi connectivity index (χ2v) is 8.02. The minimum absolute atomic E-state index is 0.0174. The molecule has 27 heavy (non-hydrogen) atoms. The van der Waals surface area contributed by atoms with Gasteiger partial charge in [0.2, 0.25) is 11.8 Å². The van der Waals surface area contributed by atoms with E-state index in [-0.39, 0.29) is 24.1 Å². The second kappa shape index (κ2) is 8.88. The molecule has 0 bridgehead atoms. The zero-order chi connectivity index (χ0) is 19.2. The smallest absolute Gasteiger partial charge is 0.243 e. The number of nitrogens with one attached hydrogen (secondary N) is 1. The summed E-state index contributed by atoms with van der Waals surface area (Å²) in [6, 6.07) is 14.9. The molecular weight excluding hydrogens is 382 g/mol. The molecule has 0 fully saturated rings. The number of amides is 2. The van der Waals surface area contributed by atoms with Crippen molar-refractivity contribution in [2.45, 2.75) is 4.34 Å². The van der Waals surface area contributed by atoms with Gasteiger partial charge in [-0.2, -0.15) is 0 Å². The molecule has 0 aliphatic carbocycles. The van der Waals surface area contributed by atoms with Gasteiger partial charge in [0.25, 0.3) is 0 Å². The van der Waals surface area contributed by atoms with Gasteiger partial charge in [0.05, 0.1) is 29.6 Å². The molecule has 2 amide bonds. The number of hydrogen-bond donors (Lipinski definition) is 1. The van der Waals surface area contributed by atoms with E-state index in [0.717, 1.165) is 14.6 Å². The first kappa shape index (κ1) is 19.2. The van der Waals surface area contributed by atoms with Gasteiger partial charge in [0, 0.05) is 18.8 Å². The van der Waals surface area contributed by atoms with E-state index >= 15 is 0 Å². The number of aromatic nitrogens is 1. The Labute approximate surface area is 165 Å². The summed E-state index contributed by atoms with van der Waals surface area (Å²) >= 11 is 2.95. The highest BCUT2D eigenvalue weighted by Crippen LogP contribution is 2.29. The van der Waals surface area contributed by atoms with Crippen LogP contribution in [-0.2, 0) is 9.59 Å². The van der Waals surface area contributed by atoms with Gasteiger partial charge in [-0.05, 0) is 24.3 Å². The molecule has 0 atom stereocenters. The van der Waals surface area contributed by atoms with Crippen LogP contribution >= 0.6 is 23.1 Å². The molecule has 1 N–H and O–H groups in total. The van der Waals surface area contributed by atoms with E-state index < -0.39 is 0 Å². The summed E-state index contributed by atoms with van der Waals surface area (Å²) in [7, 11) is 3.18. The van der Waals surface area contributed by atoms with Crippen LogP contribution < -0.4 is 10.1 Å². The minimum atomic E-state index is -0.260. The molecule has 0 saturated heterocycles. The number of hydrogen-bond acceptors (Lipinski definition) is 6. The summed E-state index contributed by atoms with van der Waals surface area (Å²) in [5.74, 6) is 0.511. The summed E-state index contributed by atoms with van der Waals surface area (Å²) in [6.07, 6.45) is 0. The number of rotatable bonds is 7. The van der Waals surface area contributed by atoms with Crippen LogP contribution in [0.1, 0.15) is 0 Å². The standard InChI is InChI=1S/C19H19N3O3S2/c1-22(11-17(23)20-13-6-5-7-14(10-13)25-2)18(24)12-26-19-21-15-8-3-4-9-16(15)27-19/h3-10H,11-12H2,1-2H3,(H,20,23). The molecule has 0 aliphatic heterocycles. The second-order valence-electron chi connectivity index (χ2n) is 5.77. The lowest BCUT2D eigenvalue weighted by molar-refractivity contribution is -0.131. The number of ether oxygens (including phenoxy) is 1. The van der Waals surface area contributed by atoms with Crippen LogP contribution in [0.25, 0.3) is 10.2 Å². The molecule has 1 heterocycles. The van der Waals surface area contributed by atoms with Crippen LogP contribution in [0.4, 0.5) is 5.69 Å². The third-order valence-corrected chi connectivity index (χ3v) is 5.92. The van der Waals surface area contributed by atoms with Gasteiger partial charge in [-0.25, -0.2) is 4.98 Å². The van der Waals surface area contributed by atoms with Crippen LogP contribution in [-0.4, -0.2) is 48.2 Å². The Bertz CT molecular complexity index is 925. The molecule has 2 aromatic carbocycles. The lowest BCUT2D eigenvalue weighted by Crippen LogP contribution is -2.35. The molecule has 0 saturated carbocycles. The van der Waals surface area contributed by atoms with Gasteiger partial charge in [-0.1, -0.05) is 30.0 Å². The Morgan fingerprint density at radius 2 is 2.04 bits per heavy atom. The number of fused-ring (bicyclic) bond motifs is 1. The first-order valence-corrected chi connectivity index (χ1v) is 10.0.